The number of anilines is 1. The smallest absolute Gasteiger partial charge is 0.257 e. The van der Waals surface area contributed by atoms with E-state index in [2.05, 4.69) is 15.0 Å². The van der Waals surface area contributed by atoms with Crippen molar-refractivity contribution in [2.24, 2.45) is 0 Å². The number of thiazole rings is 1. The standard InChI is InChI=1S/C19H15F2N3O3S2/c20-12-4-7-16(21)15(9-12)17-10-28-19(22-17)23-18(25)11-2-1-3-14(8-11)29(26,27)24-13-5-6-13/h1-4,7-10,13,24H,5-6H2,(H,22,23,25). The highest BCUT2D eigenvalue weighted by atomic mass is 32.2. The Morgan fingerprint density at radius 2 is 1.93 bits per heavy atom. The molecule has 10 heteroatoms. The van der Waals surface area contributed by atoms with E-state index in [9.17, 15) is 22.0 Å². The average Bonchev–Trinajstić information content (AvgIpc) is 3.37. The van der Waals surface area contributed by atoms with Gasteiger partial charge in [0.1, 0.15) is 11.6 Å². The van der Waals surface area contributed by atoms with Gasteiger partial charge in [-0.2, -0.15) is 0 Å². The SMILES string of the molecule is O=C(Nc1nc(-c2cc(F)ccc2F)cs1)c1cccc(S(=O)(=O)NC2CC2)c1. The van der Waals surface area contributed by atoms with Gasteiger partial charge < -0.3 is 0 Å². The number of hydrogen-bond acceptors (Lipinski definition) is 5. The summed E-state index contributed by atoms with van der Waals surface area (Å²) in [6, 6.07) is 8.64. The molecule has 6 nitrogen and oxygen atoms in total. The Labute approximate surface area is 169 Å². The number of nitrogens with one attached hydrogen (secondary N) is 2. The summed E-state index contributed by atoms with van der Waals surface area (Å²) < 4.78 is 54.5. The molecular weight excluding hydrogens is 420 g/mol. The predicted octanol–water partition coefficient (Wildman–Crippen LogP) is 3.78. The molecule has 4 rings (SSSR count). The quantitative estimate of drug-likeness (QED) is 0.617. The Hall–Kier alpha value is -2.69. The van der Waals surface area contributed by atoms with Crippen LogP contribution in [0.5, 0.6) is 0 Å². The highest BCUT2D eigenvalue weighted by molar-refractivity contribution is 7.89. The minimum Gasteiger partial charge on any atom is -0.298 e. The van der Waals surface area contributed by atoms with E-state index in [0.717, 1.165) is 42.4 Å². The van der Waals surface area contributed by atoms with Crippen molar-refractivity contribution in [2.45, 2.75) is 23.8 Å². The molecule has 0 bridgehead atoms. The van der Waals surface area contributed by atoms with Crippen LogP contribution in [0.15, 0.2) is 52.7 Å². The molecule has 0 unspecified atom stereocenters. The molecule has 1 aromatic heterocycles. The Balaban J connectivity index is 1.52. The first-order valence-corrected chi connectivity index (χ1v) is 11.0. The van der Waals surface area contributed by atoms with Gasteiger partial charge in [-0.15, -0.1) is 11.3 Å². The molecule has 1 heterocycles. The van der Waals surface area contributed by atoms with Gasteiger partial charge in [-0.05, 0) is 49.2 Å². The van der Waals surface area contributed by atoms with Crippen LogP contribution in [-0.2, 0) is 10.0 Å². The number of amides is 1. The summed E-state index contributed by atoms with van der Waals surface area (Å²) in [4.78, 5) is 16.6. The van der Waals surface area contributed by atoms with Crippen molar-refractivity contribution in [2.75, 3.05) is 5.32 Å². The van der Waals surface area contributed by atoms with Gasteiger partial charge in [0.15, 0.2) is 5.13 Å². The predicted molar refractivity (Wildman–Crippen MR) is 105 cm³/mol. The lowest BCUT2D eigenvalue weighted by atomic mass is 10.1. The fourth-order valence-corrected chi connectivity index (χ4v) is 4.67. The minimum atomic E-state index is -3.69. The third-order valence-corrected chi connectivity index (χ3v) is 6.51. The molecule has 0 saturated heterocycles. The third-order valence-electron chi connectivity index (χ3n) is 4.23. The van der Waals surface area contributed by atoms with Crippen LogP contribution in [0.1, 0.15) is 23.2 Å². The first-order valence-electron chi connectivity index (χ1n) is 8.66. The van der Waals surface area contributed by atoms with Crippen LogP contribution in [-0.4, -0.2) is 25.4 Å². The molecule has 0 aliphatic heterocycles. The number of halogens is 2. The topological polar surface area (TPSA) is 88.2 Å². The molecule has 1 amide bonds. The number of sulfonamides is 1. The number of rotatable bonds is 6. The van der Waals surface area contributed by atoms with Crippen LogP contribution in [0.3, 0.4) is 0 Å². The lowest BCUT2D eigenvalue weighted by Crippen LogP contribution is -2.26. The van der Waals surface area contributed by atoms with Gasteiger partial charge >= 0.3 is 0 Å². The molecule has 2 N–H and O–H groups in total. The van der Waals surface area contributed by atoms with Gasteiger partial charge in [-0.25, -0.2) is 26.9 Å². The molecule has 0 spiro atoms. The maximum atomic E-state index is 13.9. The highest BCUT2D eigenvalue weighted by Crippen LogP contribution is 2.28. The summed E-state index contributed by atoms with van der Waals surface area (Å²) in [7, 11) is -3.69. The molecule has 29 heavy (non-hydrogen) atoms. The number of carbonyl (C=O) groups is 1. The van der Waals surface area contributed by atoms with Gasteiger partial charge in [-0.1, -0.05) is 6.07 Å². The normalized spacial score (nSPS) is 14.0. The first-order chi connectivity index (χ1) is 13.8. The van der Waals surface area contributed by atoms with Crippen molar-refractivity contribution >= 4 is 32.4 Å². The number of hydrogen-bond donors (Lipinski definition) is 2. The molecular formula is C19H15F2N3O3S2. The first kappa shape index (κ1) is 19.6. The maximum Gasteiger partial charge on any atom is 0.257 e. The van der Waals surface area contributed by atoms with E-state index < -0.39 is 27.6 Å². The van der Waals surface area contributed by atoms with E-state index in [1.165, 1.54) is 29.6 Å². The molecule has 1 aliphatic rings. The van der Waals surface area contributed by atoms with Crippen molar-refractivity contribution in [3.05, 3.63) is 65.0 Å². The Kier molecular flexibility index (Phi) is 5.15. The number of nitrogens with zero attached hydrogens (tertiary/aromatic N) is 1. The van der Waals surface area contributed by atoms with Crippen molar-refractivity contribution < 1.29 is 22.0 Å². The summed E-state index contributed by atoms with van der Waals surface area (Å²) in [6.07, 6.45) is 1.61. The van der Waals surface area contributed by atoms with Crippen LogP contribution in [0.25, 0.3) is 11.3 Å². The Morgan fingerprint density at radius 3 is 2.69 bits per heavy atom. The second kappa shape index (κ2) is 7.62. The van der Waals surface area contributed by atoms with E-state index in [1.54, 1.807) is 0 Å². The molecule has 0 atom stereocenters. The summed E-state index contributed by atoms with van der Waals surface area (Å²) >= 11 is 1.05. The van der Waals surface area contributed by atoms with Crippen molar-refractivity contribution in [1.29, 1.82) is 0 Å². The average molecular weight is 435 g/mol. The van der Waals surface area contributed by atoms with Crippen molar-refractivity contribution in [3.8, 4) is 11.3 Å². The second-order valence-electron chi connectivity index (χ2n) is 6.54. The summed E-state index contributed by atoms with van der Waals surface area (Å²) in [5.41, 5.74) is 0.311. The summed E-state index contributed by atoms with van der Waals surface area (Å²) in [5.74, 6) is -1.79. The van der Waals surface area contributed by atoms with Crippen LogP contribution in [0.2, 0.25) is 0 Å². The Morgan fingerprint density at radius 1 is 1.14 bits per heavy atom. The largest absolute Gasteiger partial charge is 0.298 e. The Bertz CT molecular complexity index is 1190. The van der Waals surface area contributed by atoms with Gasteiger partial charge in [0.2, 0.25) is 10.0 Å². The van der Waals surface area contributed by atoms with E-state index in [-0.39, 0.29) is 32.9 Å². The molecule has 0 radical (unpaired) electrons. The third kappa shape index (κ3) is 4.50. The number of benzene rings is 2. The zero-order valence-electron chi connectivity index (χ0n) is 14.9. The van der Waals surface area contributed by atoms with Gasteiger partial charge in [-0.3, -0.25) is 10.1 Å². The molecule has 3 aromatic rings. The van der Waals surface area contributed by atoms with E-state index in [1.807, 2.05) is 0 Å². The van der Waals surface area contributed by atoms with Crippen LogP contribution < -0.4 is 10.0 Å². The van der Waals surface area contributed by atoms with Crippen LogP contribution >= 0.6 is 11.3 Å². The van der Waals surface area contributed by atoms with Crippen LogP contribution in [0.4, 0.5) is 13.9 Å². The lowest BCUT2D eigenvalue weighted by Gasteiger charge is -2.07. The molecule has 150 valence electrons. The summed E-state index contributed by atoms with van der Waals surface area (Å²) in [6.45, 7) is 0. The molecule has 1 saturated carbocycles. The lowest BCUT2D eigenvalue weighted by molar-refractivity contribution is 0.102. The minimum absolute atomic E-state index is 0.00119. The maximum absolute atomic E-state index is 13.9. The number of carbonyl (C=O) groups excluding carboxylic acids is 1. The zero-order valence-corrected chi connectivity index (χ0v) is 16.5. The van der Waals surface area contributed by atoms with Gasteiger partial charge in [0, 0.05) is 22.5 Å². The summed E-state index contributed by atoms with van der Waals surface area (Å²) in [5, 5.41) is 4.22. The van der Waals surface area contributed by atoms with Crippen molar-refractivity contribution in [3.63, 3.8) is 0 Å². The molecule has 1 aliphatic carbocycles. The van der Waals surface area contributed by atoms with Crippen LogP contribution in [0, 0.1) is 11.6 Å². The monoisotopic (exact) mass is 435 g/mol. The number of aromatic nitrogens is 1. The zero-order chi connectivity index (χ0) is 20.6. The second-order valence-corrected chi connectivity index (χ2v) is 9.11. The van der Waals surface area contributed by atoms with Gasteiger partial charge in [0.05, 0.1) is 10.6 Å². The molecule has 1 fully saturated rings. The highest BCUT2D eigenvalue weighted by Gasteiger charge is 2.28. The fourth-order valence-electron chi connectivity index (χ4n) is 2.61. The van der Waals surface area contributed by atoms with E-state index in [0.29, 0.717) is 0 Å². The van der Waals surface area contributed by atoms with E-state index >= 15 is 0 Å². The fraction of sp³-hybridized carbons (Fsp3) is 0.158. The van der Waals surface area contributed by atoms with Crippen molar-refractivity contribution in [1.82, 2.24) is 9.71 Å². The van der Waals surface area contributed by atoms with Gasteiger partial charge in [0.25, 0.3) is 5.91 Å². The van der Waals surface area contributed by atoms with E-state index in [4.69, 9.17) is 0 Å². The molecule has 2 aromatic carbocycles.